The Labute approximate surface area is 153 Å². The molecule has 0 aromatic heterocycles. The molecule has 0 spiro atoms. The summed E-state index contributed by atoms with van der Waals surface area (Å²) < 4.78 is 60.2. The maximum absolute atomic E-state index is 14.0. The Morgan fingerprint density at radius 2 is 2.04 bits per heavy atom. The molecular formula is C19H18F4O2S. The zero-order valence-corrected chi connectivity index (χ0v) is 14.9. The minimum atomic E-state index is -3.36. The summed E-state index contributed by atoms with van der Waals surface area (Å²) >= 11 is 0.736. The number of hydrogen-bond acceptors (Lipinski definition) is 3. The Hall–Kier alpha value is -1.73. The average molecular weight is 386 g/mol. The molecule has 0 heterocycles. The van der Waals surface area contributed by atoms with Crippen molar-refractivity contribution in [2.45, 2.75) is 43.1 Å². The lowest BCUT2D eigenvalue weighted by molar-refractivity contribution is -0.0976. The van der Waals surface area contributed by atoms with Crippen molar-refractivity contribution in [2.75, 3.05) is 6.01 Å². The predicted molar refractivity (Wildman–Crippen MR) is 92.4 cm³/mol. The molecule has 1 N–H and O–H groups in total. The Balaban J connectivity index is 2.00. The highest BCUT2D eigenvalue weighted by molar-refractivity contribution is 7.99. The fourth-order valence-electron chi connectivity index (χ4n) is 3.17. The van der Waals surface area contributed by atoms with Gasteiger partial charge >= 0.3 is 0 Å². The normalized spacial score (nSPS) is 18.0. The number of ether oxygens (including phenoxy) is 1. The number of rotatable bonds is 6. The largest absolute Gasteiger partial charge is 0.457 e. The lowest BCUT2D eigenvalue weighted by Gasteiger charge is -2.16. The molecule has 0 amide bonds. The molecule has 0 bridgehead atoms. The molecule has 2 nitrogen and oxygen atoms in total. The van der Waals surface area contributed by atoms with E-state index in [1.165, 1.54) is 24.3 Å². The van der Waals surface area contributed by atoms with Crippen LogP contribution in [0.5, 0.6) is 11.5 Å². The van der Waals surface area contributed by atoms with E-state index in [1.54, 1.807) is 6.07 Å². The van der Waals surface area contributed by atoms with Crippen molar-refractivity contribution >= 4 is 11.8 Å². The second-order valence-electron chi connectivity index (χ2n) is 6.20. The predicted octanol–water partition coefficient (Wildman–Crippen LogP) is 5.81. The zero-order valence-electron chi connectivity index (χ0n) is 14.1. The van der Waals surface area contributed by atoms with Crippen LogP contribution < -0.4 is 4.74 Å². The van der Waals surface area contributed by atoms with Gasteiger partial charge in [0.2, 0.25) is 0 Å². The maximum Gasteiger partial charge on any atom is 0.281 e. The topological polar surface area (TPSA) is 29.5 Å². The number of halogens is 4. The van der Waals surface area contributed by atoms with E-state index in [-0.39, 0.29) is 27.5 Å². The monoisotopic (exact) mass is 386 g/mol. The Bertz CT molecular complexity index is 810. The molecule has 26 heavy (non-hydrogen) atoms. The third kappa shape index (κ3) is 3.69. The first-order valence-electron chi connectivity index (χ1n) is 8.23. The van der Waals surface area contributed by atoms with Crippen LogP contribution in [-0.4, -0.2) is 17.0 Å². The Kier molecular flexibility index (Phi) is 5.48. The van der Waals surface area contributed by atoms with Gasteiger partial charge in [0.15, 0.2) is 0 Å². The summed E-state index contributed by atoms with van der Waals surface area (Å²) in [4.78, 5) is 0.255. The molecule has 1 atom stereocenters. The molecule has 1 unspecified atom stereocenters. The molecule has 3 rings (SSSR count). The van der Waals surface area contributed by atoms with E-state index < -0.39 is 30.3 Å². The van der Waals surface area contributed by atoms with Crippen molar-refractivity contribution in [1.29, 1.82) is 0 Å². The summed E-state index contributed by atoms with van der Waals surface area (Å²) in [5, 5.41) is 9.96. The Morgan fingerprint density at radius 1 is 1.27 bits per heavy atom. The molecule has 2 aromatic rings. The van der Waals surface area contributed by atoms with Gasteiger partial charge in [0.1, 0.15) is 29.4 Å². The maximum atomic E-state index is 14.0. The van der Waals surface area contributed by atoms with Crippen LogP contribution in [-0.2, 0) is 12.8 Å². The van der Waals surface area contributed by atoms with Gasteiger partial charge in [-0.1, -0.05) is 25.1 Å². The second kappa shape index (κ2) is 7.48. The second-order valence-corrected chi connectivity index (χ2v) is 7.14. The third-order valence-electron chi connectivity index (χ3n) is 4.27. The fraction of sp³-hybridized carbons (Fsp3) is 0.368. The minimum Gasteiger partial charge on any atom is -0.457 e. The van der Waals surface area contributed by atoms with Gasteiger partial charge in [-0.25, -0.2) is 17.6 Å². The summed E-state index contributed by atoms with van der Waals surface area (Å²) in [7, 11) is 0. The molecular weight excluding hydrogens is 368 g/mol. The average Bonchev–Trinajstić information content (AvgIpc) is 2.80. The van der Waals surface area contributed by atoms with E-state index in [9.17, 15) is 22.7 Å². The molecule has 7 heteroatoms. The fourth-order valence-corrected chi connectivity index (χ4v) is 3.84. The van der Waals surface area contributed by atoms with Crippen LogP contribution in [0.2, 0.25) is 0 Å². The standard InChI is InChI=1S/C19H18F4O2S/c1-2-3-11-6-12(21)8-13(7-11)25-15-4-5-16(26-10-20)17-14(15)9-19(22,23)18(17)24/h4-8,18,24H,2-3,9-10H2,1H3. The van der Waals surface area contributed by atoms with Crippen LogP contribution in [0, 0.1) is 5.82 Å². The van der Waals surface area contributed by atoms with E-state index in [4.69, 9.17) is 4.74 Å². The first-order valence-corrected chi connectivity index (χ1v) is 9.22. The van der Waals surface area contributed by atoms with Gasteiger partial charge in [-0.3, -0.25) is 0 Å². The summed E-state index contributed by atoms with van der Waals surface area (Å²) in [6.45, 7) is 1.96. The first kappa shape index (κ1) is 19.0. The molecule has 140 valence electrons. The van der Waals surface area contributed by atoms with Crippen molar-refractivity contribution in [3.8, 4) is 11.5 Å². The van der Waals surface area contributed by atoms with Gasteiger partial charge in [0.05, 0.1) is 0 Å². The van der Waals surface area contributed by atoms with Gasteiger partial charge in [-0.15, -0.1) is 0 Å². The lowest BCUT2D eigenvalue weighted by atomic mass is 10.1. The SMILES string of the molecule is CCCc1cc(F)cc(Oc2ccc(SCF)c3c2CC(F)(F)C3O)c1. The number of aliphatic hydroxyl groups is 1. The van der Waals surface area contributed by atoms with Crippen molar-refractivity contribution in [2.24, 2.45) is 0 Å². The quantitative estimate of drug-likeness (QED) is 0.501. The number of alkyl halides is 3. The minimum absolute atomic E-state index is 0.0136. The summed E-state index contributed by atoms with van der Waals surface area (Å²) in [5.41, 5.74) is 0.858. The van der Waals surface area contributed by atoms with Gasteiger partial charge in [0, 0.05) is 28.5 Å². The van der Waals surface area contributed by atoms with Gasteiger partial charge in [-0.2, -0.15) is 0 Å². The molecule has 0 radical (unpaired) electrons. The molecule has 0 aliphatic heterocycles. The van der Waals surface area contributed by atoms with Crippen molar-refractivity contribution in [1.82, 2.24) is 0 Å². The molecule has 1 aliphatic rings. The molecule has 0 fully saturated rings. The molecule has 0 saturated heterocycles. The number of fused-ring (bicyclic) bond motifs is 1. The molecule has 0 saturated carbocycles. The van der Waals surface area contributed by atoms with E-state index in [2.05, 4.69) is 0 Å². The van der Waals surface area contributed by atoms with E-state index in [0.717, 1.165) is 23.7 Å². The summed E-state index contributed by atoms with van der Waals surface area (Å²) in [6, 6.07) is 6.34. The number of hydrogen-bond donors (Lipinski definition) is 1. The van der Waals surface area contributed by atoms with E-state index in [0.29, 0.717) is 6.42 Å². The third-order valence-corrected chi connectivity index (χ3v) is 5.04. The van der Waals surface area contributed by atoms with Crippen LogP contribution in [0.3, 0.4) is 0 Å². The van der Waals surface area contributed by atoms with Crippen molar-refractivity contribution in [3.05, 3.63) is 52.8 Å². The van der Waals surface area contributed by atoms with Crippen molar-refractivity contribution in [3.63, 3.8) is 0 Å². The van der Waals surface area contributed by atoms with Gasteiger partial charge in [0.25, 0.3) is 5.92 Å². The number of aliphatic hydroxyl groups excluding tert-OH is 1. The van der Waals surface area contributed by atoms with Crippen molar-refractivity contribution < 1.29 is 27.4 Å². The smallest absolute Gasteiger partial charge is 0.281 e. The highest BCUT2D eigenvalue weighted by atomic mass is 32.2. The lowest BCUT2D eigenvalue weighted by Crippen LogP contribution is -2.21. The van der Waals surface area contributed by atoms with Crippen LogP contribution >= 0.6 is 11.8 Å². The van der Waals surface area contributed by atoms with Crippen LogP contribution in [0.4, 0.5) is 17.6 Å². The number of aryl methyl sites for hydroxylation is 1. The van der Waals surface area contributed by atoms with Crippen LogP contribution in [0.25, 0.3) is 0 Å². The summed E-state index contributed by atoms with van der Waals surface area (Å²) in [6.07, 6.45) is -1.24. The first-order chi connectivity index (χ1) is 12.4. The number of thioether (sulfide) groups is 1. The van der Waals surface area contributed by atoms with E-state index >= 15 is 0 Å². The number of benzene rings is 2. The highest BCUT2D eigenvalue weighted by Gasteiger charge is 2.49. The molecule has 2 aromatic carbocycles. The zero-order chi connectivity index (χ0) is 18.9. The van der Waals surface area contributed by atoms with Gasteiger partial charge < -0.3 is 9.84 Å². The molecule has 1 aliphatic carbocycles. The van der Waals surface area contributed by atoms with Crippen LogP contribution in [0.1, 0.15) is 36.1 Å². The van der Waals surface area contributed by atoms with Gasteiger partial charge in [-0.05, 0) is 36.2 Å². The van der Waals surface area contributed by atoms with Crippen LogP contribution in [0.15, 0.2) is 35.2 Å². The van der Waals surface area contributed by atoms with E-state index in [1.807, 2.05) is 6.92 Å². The highest BCUT2D eigenvalue weighted by Crippen LogP contribution is 2.50. The Morgan fingerprint density at radius 3 is 2.73 bits per heavy atom. The summed E-state index contributed by atoms with van der Waals surface area (Å²) in [5.74, 6) is -3.51.